The first-order valence-electron chi connectivity index (χ1n) is 7.08. The third kappa shape index (κ3) is 4.18. The summed E-state index contributed by atoms with van der Waals surface area (Å²) in [4.78, 5) is 25.5. The van der Waals surface area contributed by atoms with E-state index in [0.29, 0.717) is 24.6 Å². The number of hydrogen-bond acceptors (Lipinski definition) is 3. The second-order valence-corrected chi connectivity index (χ2v) is 5.53. The molecule has 0 bridgehead atoms. The van der Waals surface area contributed by atoms with Gasteiger partial charge in [0.05, 0.1) is 17.9 Å². The molecule has 6 heteroatoms. The van der Waals surface area contributed by atoms with Gasteiger partial charge in [-0.25, -0.2) is 4.39 Å². The lowest BCUT2D eigenvalue weighted by atomic mass is 10.0. The van der Waals surface area contributed by atoms with Gasteiger partial charge in [-0.2, -0.15) is 0 Å². The molecule has 1 atom stereocenters. The molecule has 2 rings (SSSR count). The lowest BCUT2D eigenvalue weighted by Crippen LogP contribution is -2.37. The summed E-state index contributed by atoms with van der Waals surface area (Å²) in [5.74, 6) is -0.364. The summed E-state index contributed by atoms with van der Waals surface area (Å²) < 4.78 is 13.1. The molecule has 114 valence electrons. The van der Waals surface area contributed by atoms with E-state index in [1.54, 1.807) is 4.90 Å². The number of amides is 2. The Hall–Kier alpha value is -2.11. The van der Waals surface area contributed by atoms with Crippen molar-refractivity contribution >= 4 is 23.2 Å². The Kier molecular flexibility index (Phi) is 4.77. The van der Waals surface area contributed by atoms with Gasteiger partial charge >= 0.3 is 0 Å². The van der Waals surface area contributed by atoms with Crippen molar-refractivity contribution in [1.82, 2.24) is 4.90 Å². The Balaban J connectivity index is 1.97. The summed E-state index contributed by atoms with van der Waals surface area (Å²) in [5.41, 5.74) is 6.20. The fourth-order valence-corrected chi connectivity index (χ4v) is 2.34. The number of nitrogens with two attached hydrogens (primary N) is 1. The van der Waals surface area contributed by atoms with Crippen molar-refractivity contribution in [2.75, 3.05) is 24.1 Å². The van der Waals surface area contributed by atoms with E-state index in [4.69, 9.17) is 5.73 Å². The van der Waals surface area contributed by atoms with Gasteiger partial charge in [-0.05, 0) is 37.0 Å². The van der Waals surface area contributed by atoms with Gasteiger partial charge in [-0.1, -0.05) is 6.92 Å². The smallest absolute Gasteiger partial charge is 0.244 e. The molecule has 1 aliphatic heterocycles. The molecule has 1 unspecified atom stereocenters. The van der Waals surface area contributed by atoms with E-state index in [2.05, 4.69) is 12.2 Å². The van der Waals surface area contributed by atoms with Crippen LogP contribution in [-0.2, 0) is 9.59 Å². The molecule has 0 radical (unpaired) electrons. The maximum Gasteiger partial charge on any atom is 0.244 e. The third-order valence-corrected chi connectivity index (χ3v) is 3.72. The second-order valence-electron chi connectivity index (χ2n) is 5.53. The Morgan fingerprint density at radius 1 is 1.48 bits per heavy atom. The van der Waals surface area contributed by atoms with E-state index in [0.717, 1.165) is 12.8 Å². The van der Waals surface area contributed by atoms with Gasteiger partial charge in [-0.3, -0.25) is 9.59 Å². The predicted octanol–water partition coefficient (Wildman–Crippen LogP) is 2.00. The molecule has 2 amide bonds. The zero-order valence-electron chi connectivity index (χ0n) is 12.1. The average molecular weight is 293 g/mol. The molecule has 0 aliphatic carbocycles. The number of rotatable bonds is 3. The number of nitrogen functional groups attached to an aromatic ring is 1. The van der Waals surface area contributed by atoms with Crippen molar-refractivity contribution in [3.8, 4) is 0 Å². The van der Waals surface area contributed by atoms with Crippen LogP contribution in [0.1, 0.15) is 26.2 Å². The van der Waals surface area contributed by atoms with E-state index >= 15 is 0 Å². The first kappa shape index (κ1) is 15.3. The largest absolute Gasteiger partial charge is 0.397 e. The van der Waals surface area contributed by atoms with Crippen LogP contribution in [0, 0.1) is 11.7 Å². The van der Waals surface area contributed by atoms with Crippen LogP contribution in [0.3, 0.4) is 0 Å². The van der Waals surface area contributed by atoms with Crippen molar-refractivity contribution in [3.63, 3.8) is 0 Å². The van der Waals surface area contributed by atoms with Crippen LogP contribution in [0.2, 0.25) is 0 Å². The van der Waals surface area contributed by atoms with Crippen LogP contribution >= 0.6 is 0 Å². The molecule has 0 spiro atoms. The topological polar surface area (TPSA) is 75.4 Å². The van der Waals surface area contributed by atoms with E-state index in [9.17, 15) is 14.0 Å². The Morgan fingerprint density at radius 3 is 3.00 bits per heavy atom. The molecule has 0 aromatic heterocycles. The highest BCUT2D eigenvalue weighted by Gasteiger charge is 2.22. The maximum atomic E-state index is 13.1. The Labute approximate surface area is 123 Å². The number of halogens is 1. The van der Waals surface area contributed by atoms with Crippen molar-refractivity contribution in [3.05, 3.63) is 24.0 Å². The standard InChI is InChI=1S/C15H20FN3O2/c1-10-2-5-15(21)19(7-6-10)9-14(20)18-13-8-11(16)3-4-12(13)17/h3-4,8,10H,2,5-7,9,17H2,1H3,(H,18,20). The molecule has 3 N–H and O–H groups in total. The highest BCUT2D eigenvalue weighted by atomic mass is 19.1. The highest BCUT2D eigenvalue weighted by molar-refractivity contribution is 5.96. The van der Waals surface area contributed by atoms with Crippen molar-refractivity contribution < 1.29 is 14.0 Å². The molecule has 1 fully saturated rings. The minimum atomic E-state index is -0.473. The number of benzene rings is 1. The van der Waals surface area contributed by atoms with E-state index in [1.165, 1.54) is 18.2 Å². The van der Waals surface area contributed by atoms with Gasteiger partial charge in [0.2, 0.25) is 11.8 Å². The fraction of sp³-hybridized carbons (Fsp3) is 0.467. The van der Waals surface area contributed by atoms with Gasteiger partial charge in [0.15, 0.2) is 0 Å². The number of hydrogen-bond donors (Lipinski definition) is 2. The minimum absolute atomic E-state index is 0.0123. The van der Waals surface area contributed by atoms with Crippen molar-refractivity contribution in [1.29, 1.82) is 0 Å². The molecular weight excluding hydrogens is 273 g/mol. The monoisotopic (exact) mass is 293 g/mol. The summed E-state index contributed by atoms with van der Waals surface area (Å²) in [6.45, 7) is 2.65. The molecule has 5 nitrogen and oxygen atoms in total. The number of anilines is 2. The zero-order valence-corrected chi connectivity index (χ0v) is 12.1. The number of nitrogens with zero attached hydrogens (tertiary/aromatic N) is 1. The van der Waals surface area contributed by atoms with Crippen LogP contribution in [0.15, 0.2) is 18.2 Å². The number of nitrogens with one attached hydrogen (secondary N) is 1. The van der Waals surface area contributed by atoms with Crippen molar-refractivity contribution in [2.45, 2.75) is 26.2 Å². The van der Waals surface area contributed by atoms with Gasteiger partial charge in [0, 0.05) is 13.0 Å². The summed E-state index contributed by atoms with van der Waals surface area (Å²) >= 11 is 0. The van der Waals surface area contributed by atoms with Gasteiger partial charge in [-0.15, -0.1) is 0 Å². The molecule has 1 aromatic rings. The van der Waals surface area contributed by atoms with E-state index < -0.39 is 5.82 Å². The quantitative estimate of drug-likeness (QED) is 0.837. The summed E-state index contributed by atoms with van der Waals surface area (Å²) in [7, 11) is 0. The zero-order chi connectivity index (χ0) is 15.4. The van der Waals surface area contributed by atoms with Crippen LogP contribution in [0.25, 0.3) is 0 Å². The normalized spacial score (nSPS) is 19.2. The second kappa shape index (κ2) is 6.56. The van der Waals surface area contributed by atoms with Gasteiger partial charge < -0.3 is 16.0 Å². The average Bonchev–Trinajstić information content (AvgIpc) is 2.58. The SMILES string of the molecule is CC1CCC(=O)N(CC(=O)Nc2cc(F)ccc2N)CC1. The van der Waals surface area contributed by atoms with Crippen LogP contribution in [0.4, 0.5) is 15.8 Å². The Bertz CT molecular complexity index is 548. The van der Waals surface area contributed by atoms with Crippen molar-refractivity contribution in [2.24, 2.45) is 5.92 Å². The number of carbonyl (C=O) groups is 2. The fourth-order valence-electron chi connectivity index (χ4n) is 2.34. The summed E-state index contributed by atoms with van der Waals surface area (Å²) in [6.07, 6.45) is 2.21. The molecule has 1 heterocycles. The lowest BCUT2D eigenvalue weighted by molar-refractivity contribution is -0.134. The minimum Gasteiger partial charge on any atom is -0.397 e. The summed E-state index contributed by atoms with van der Waals surface area (Å²) in [5, 5.41) is 2.55. The number of likely N-dealkylation sites (tertiary alicyclic amines) is 1. The lowest BCUT2D eigenvalue weighted by Gasteiger charge is -2.20. The van der Waals surface area contributed by atoms with Crippen LogP contribution < -0.4 is 11.1 Å². The number of carbonyl (C=O) groups excluding carboxylic acids is 2. The Morgan fingerprint density at radius 2 is 2.24 bits per heavy atom. The summed E-state index contributed by atoms with van der Waals surface area (Å²) in [6, 6.07) is 3.79. The first-order chi connectivity index (χ1) is 9.95. The molecule has 0 saturated carbocycles. The third-order valence-electron chi connectivity index (χ3n) is 3.72. The molecule has 1 aromatic carbocycles. The molecule has 1 saturated heterocycles. The first-order valence-corrected chi connectivity index (χ1v) is 7.08. The maximum absolute atomic E-state index is 13.1. The molecule has 1 aliphatic rings. The van der Waals surface area contributed by atoms with E-state index in [1.807, 2.05) is 0 Å². The molecular formula is C15H20FN3O2. The van der Waals surface area contributed by atoms with E-state index in [-0.39, 0.29) is 24.0 Å². The van der Waals surface area contributed by atoms with Crippen LogP contribution in [0.5, 0.6) is 0 Å². The van der Waals surface area contributed by atoms with Gasteiger partial charge in [0.1, 0.15) is 5.82 Å². The van der Waals surface area contributed by atoms with Gasteiger partial charge in [0.25, 0.3) is 0 Å². The highest BCUT2D eigenvalue weighted by Crippen LogP contribution is 2.20. The van der Waals surface area contributed by atoms with Crippen LogP contribution in [-0.4, -0.2) is 29.8 Å². The molecule has 21 heavy (non-hydrogen) atoms. The predicted molar refractivity (Wildman–Crippen MR) is 79.0 cm³/mol.